The van der Waals surface area contributed by atoms with E-state index >= 15 is 0 Å². The van der Waals surface area contributed by atoms with Crippen LogP contribution in [-0.4, -0.2) is 42.1 Å². The normalized spacial score (nSPS) is 11.1. The van der Waals surface area contributed by atoms with Crippen molar-refractivity contribution in [2.45, 2.75) is 12.1 Å². The number of nitrogens with zero attached hydrogens (tertiary/aromatic N) is 5. The van der Waals surface area contributed by atoms with Crippen LogP contribution in [0.2, 0.25) is 0 Å². The summed E-state index contributed by atoms with van der Waals surface area (Å²) in [5.74, 6) is 2.60. The molecule has 126 valence electrons. The van der Waals surface area contributed by atoms with Gasteiger partial charge in [0.05, 0.1) is 11.9 Å². The molecule has 1 aromatic carbocycles. The Morgan fingerprint density at radius 2 is 2.04 bits per heavy atom. The second-order valence-electron chi connectivity index (χ2n) is 5.47. The molecule has 0 aliphatic rings. The first kappa shape index (κ1) is 15.6. The van der Waals surface area contributed by atoms with E-state index in [9.17, 15) is 0 Å². The summed E-state index contributed by atoms with van der Waals surface area (Å²) in [5, 5.41) is 15.5. The van der Waals surface area contributed by atoms with E-state index in [-0.39, 0.29) is 0 Å². The summed E-state index contributed by atoms with van der Waals surface area (Å²) < 4.78 is 1.81. The Morgan fingerprint density at radius 1 is 1.16 bits per heavy atom. The topological polar surface area (TPSA) is 83.8 Å². The maximum atomic E-state index is 4.68. The van der Waals surface area contributed by atoms with Gasteiger partial charge in [-0.05, 0) is 6.92 Å². The highest BCUT2D eigenvalue weighted by Crippen LogP contribution is 2.22. The van der Waals surface area contributed by atoms with Gasteiger partial charge in [-0.1, -0.05) is 42.1 Å². The summed E-state index contributed by atoms with van der Waals surface area (Å²) >= 11 is 1.61. The SMILES string of the molecule is Cc1nc(SCCNc2cc(-c3ccccc3)nc3ccnn23)n[nH]1. The van der Waals surface area contributed by atoms with Crippen molar-refractivity contribution in [1.82, 2.24) is 29.8 Å². The molecule has 3 aromatic heterocycles. The number of hydrogen-bond acceptors (Lipinski definition) is 6. The lowest BCUT2D eigenvalue weighted by atomic mass is 10.1. The van der Waals surface area contributed by atoms with E-state index in [1.54, 1.807) is 18.0 Å². The molecule has 3 heterocycles. The fraction of sp³-hybridized carbons (Fsp3) is 0.176. The molecule has 2 N–H and O–H groups in total. The lowest BCUT2D eigenvalue weighted by molar-refractivity contribution is 0.933. The fourth-order valence-corrected chi connectivity index (χ4v) is 3.20. The summed E-state index contributed by atoms with van der Waals surface area (Å²) in [7, 11) is 0. The summed E-state index contributed by atoms with van der Waals surface area (Å²) in [6, 6.07) is 14.1. The average Bonchev–Trinajstić information content (AvgIpc) is 3.28. The van der Waals surface area contributed by atoms with E-state index in [1.165, 1.54) is 0 Å². The molecule has 0 fully saturated rings. The Balaban J connectivity index is 1.51. The van der Waals surface area contributed by atoms with Gasteiger partial charge in [-0.2, -0.15) is 9.61 Å². The Hall–Kier alpha value is -2.87. The minimum atomic E-state index is 0.767. The van der Waals surface area contributed by atoms with Crippen molar-refractivity contribution in [3.63, 3.8) is 0 Å². The lowest BCUT2D eigenvalue weighted by Gasteiger charge is -2.10. The monoisotopic (exact) mass is 351 g/mol. The molecule has 0 radical (unpaired) electrons. The highest BCUT2D eigenvalue weighted by molar-refractivity contribution is 7.99. The minimum Gasteiger partial charge on any atom is -0.369 e. The van der Waals surface area contributed by atoms with Crippen LogP contribution in [0.5, 0.6) is 0 Å². The molecule has 0 aliphatic heterocycles. The molecule has 7 nitrogen and oxygen atoms in total. The van der Waals surface area contributed by atoms with E-state index in [1.807, 2.05) is 41.8 Å². The first-order valence-corrected chi connectivity index (χ1v) is 8.94. The smallest absolute Gasteiger partial charge is 0.208 e. The van der Waals surface area contributed by atoms with E-state index in [2.05, 4.69) is 42.7 Å². The predicted octanol–water partition coefficient (Wildman–Crippen LogP) is 3.03. The summed E-state index contributed by atoms with van der Waals surface area (Å²) in [6.07, 6.45) is 1.76. The Bertz CT molecular complexity index is 977. The van der Waals surface area contributed by atoms with Crippen LogP contribution in [0.25, 0.3) is 16.9 Å². The molecule has 0 amide bonds. The number of fused-ring (bicyclic) bond motifs is 1. The standard InChI is InChI=1S/C17H17N7S/c1-12-20-17(23-22-12)25-10-9-18-16-11-14(13-5-3-2-4-6-13)21-15-7-8-19-24(15)16/h2-8,11,18H,9-10H2,1H3,(H,20,22,23). The van der Waals surface area contributed by atoms with Gasteiger partial charge in [0.1, 0.15) is 11.6 Å². The maximum absolute atomic E-state index is 4.68. The second-order valence-corrected chi connectivity index (χ2v) is 6.53. The van der Waals surface area contributed by atoms with Gasteiger partial charge < -0.3 is 5.32 Å². The molecule has 8 heteroatoms. The number of H-pyrrole nitrogens is 1. The predicted molar refractivity (Wildman–Crippen MR) is 98.8 cm³/mol. The van der Waals surface area contributed by atoms with Gasteiger partial charge in [-0.3, -0.25) is 5.10 Å². The number of aromatic amines is 1. The zero-order valence-corrected chi connectivity index (χ0v) is 14.5. The van der Waals surface area contributed by atoms with Crippen LogP contribution in [0.1, 0.15) is 5.82 Å². The highest BCUT2D eigenvalue weighted by Gasteiger charge is 2.08. The van der Waals surface area contributed by atoms with Crippen LogP contribution in [-0.2, 0) is 0 Å². The van der Waals surface area contributed by atoms with Gasteiger partial charge in [-0.25, -0.2) is 9.97 Å². The van der Waals surface area contributed by atoms with E-state index in [4.69, 9.17) is 0 Å². The van der Waals surface area contributed by atoms with Crippen molar-refractivity contribution in [1.29, 1.82) is 0 Å². The third-order valence-electron chi connectivity index (χ3n) is 3.64. The highest BCUT2D eigenvalue weighted by atomic mass is 32.2. The fourth-order valence-electron chi connectivity index (χ4n) is 2.50. The average molecular weight is 351 g/mol. The maximum Gasteiger partial charge on any atom is 0.208 e. The molecule has 0 bridgehead atoms. The first-order chi connectivity index (χ1) is 12.3. The van der Waals surface area contributed by atoms with Gasteiger partial charge in [0, 0.05) is 30.0 Å². The zero-order valence-electron chi connectivity index (χ0n) is 13.7. The van der Waals surface area contributed by atoms with Gasteiger partial charge in [0.25, 0.3) is 0 Å². The third-order valence-corrected chi connectivity index (χ3v) is 4.49. The molecular formula is C17H17N7S. The van der Waals surface area contributed by atoms with Gasteiger partial charge in [0.15, 0.2) is 5.65 Å². The minimum absolute atomic E-state index is 0.767. The van der Waals surface area contributed by atoms with Crippen LogP contribution >= 0.6 is 11.8 Å². The number of thioether (sulfide) groups is 1. The largest absolute Gasteiger partial charge is 0.369 e. The molecule has 4 rings (SSSR count). The Labute approximate surface area is 148 Å². The van der Waals surface area contributed by atoms with Crippen molar-refractivity contribution in [3.8, 4) is 11.3 Å². The summed E-state index contributed by atoms with van der Waals surface area (Å²) in [6.45, 7) is 2.66. The molecule has 0 saturated heterocycles. The first-order valence-electron chi connectivity index (χ1n) is 7.95. The summed E-state index contributed by atoms with van der Waals surface area (Å²) in [5.41, 5.74) is 2.83. The number of anilines is 1. The van der Waals surface area contributed by atoms with Crippen LogP contribution in [0.15, 0.2) is 53.8 Å². The number of nitrogens with one attached hydrogen (secondary N) is 2. The number of hydrogen-bond donors (Lipinski definition) is 2. The molecule has 0 aliphatic carbocycles. The van der Waals surface area contributed by atoms with Crippen molar-refractivity contribution in [3.05, 3.63) is 54.5 Å². The molecule has 4 aromatic rings. The number of aryl methyl sites for hydroxylation is 1. The van der Waals surface area contributed by atoms with Crippen LogP contribution in [0, 0.1) is 6.92 Å². The molecule has 25 heavy (non-hydrogen) atoms. The molecule has 0 atom stereocenters. The van der Waals surface area contributed by atoms with Gasteiger partial charge in [0.2, 0.25) is 5.16 Å². The quantitative estimate of drug-likeness (QED) is 0.410. The number of aromatic nitrogens is 6. The third kappa shape index (κ3) is 3.48. The Morgan fingerprint density at radius 3 is 2.84 bits per heavy atom. The second kappa shape index (κ2) is 6.94. The van der Waals surface area contributed by atoms with Crippen LogP contribution < -0.4 is 5.32 Å². The lowest BCUT2D eigenvalue weighted by Crippen LogP contribution is -2.09. The molecular weight excluding hydrogens is 334 g/mol. The van der Waals surface area contributed by atoms with Gasteiger partial charge >= 0.3 is 0 Å². The number of rotatable bonds is 6. The van der Waals surface area contributed by atoms with Crippen molar-refractivity contribution >= 4 is 23.2 Å². The van der Waals surface area contributed by atoms with E-state index in [0.717, 1.165) is 46.0 Å². The zero-order chi connectivity index (χ0) is 17.1. The number of benzene rings is 1. The van der Waals surface area contributed by atoms with Crippen LogP contribution in [0.3, 0.4) is 0 Å². The molecule has 0 saturated carbocycles. The van der Waals surface area contributed by atoms with Crippen molar-refractivity contribution in [2.24, 2.45) is 0 Å². The van der Waals surface area contributed by atoms with Crippen molar-refractivity contribution in [2.75, 3.05) is 17.6 Å². The molecule has 0 unspecified atom stereocenters. The molecule has 0 spiro atoms. The van der Waals surface area contributed by atoms with E-state index in [0.29, 0.717) is 0 Å². The van der Waals surface area contributed by atoms with Crippen LogP contribution in [0.4, 0.5) is 5.82 Å². The van der Waals surface area contributed by atoms with E-state index < -0.39 is 0 Å². The van der Waals surface area contributed by atoms with Gasteiger partial charge in [-0.15, -0.1) is 5.10 Å². The Kier molecular flexibility index (Phi) is 4.34. The summed E-state index contributed by atoms with van der Waals surface area (Å²) in [4.78, 5) is 8.97. The van der Waals surface area contributed by atoms with Crippen molar-refractivity contribution < 1.29 is 0 Å².